The van der Waals surface area contributed by atoms with Crippen LogP contribution in [0.1, 0.15) is 35.0 Å². The molecule has 0 spiro atoms. The fourth-order valence-corrected chi connectivity index (χ4v) is 4.20. The average molecular weight is 370 g/mol. The maximum Gasteiger partial charge on any atom is 0.174 e. The highest BCUT2D eigenvalue weighted by Gasteiger charge is 2.40. The van der Waals surface area contributed by atoms with E-state index in [9.17, 15) is 4.79 Å². The first-order chi connectivity index (χ1) is 12.5. The summed E-state index contributed by atoms with van der Waals surface area (Å²) in [6.07, 6.45) is 1.54. The molecule has 0 amide bonds. The zero-order valence-electron chi connectivity index (χ0n) is 15.3. The van der Waals surface area contributed by atoms with Gasteiger partial charge in [0.25, 0.3) is 0 Å². The van der Waals surface area contributed by atoms with Crippen molar-refractivity contribution >= 4 is 23.1 Å². The molecular weight excluding hydrogens is 346 g/mol. The number of piperazine rings is 1. The van der Waals surface area contributed by atoms with E-state index in [1.807, 2.05) is 6.07 Å². The van der Waals surface area contributed by atoms with Crippen LogP contribution in [0.25, 0.3) is 0 Å². The summed E-state index contributed by atoms with van der Waals surface area (Å²) >= 11 is 6.00. The first-order valence-electron chi connectivity index (χ1n) is 9.22. The van der Waals surface area contributed by atoms with Crippen LogP contribution in [0.2, 0.25) is 5.15 Å². The maximum atomic E-state index is 13.3. The van der Waals surface area contributed by atoms with Crippen LogP contribution in [0, 0.1) is 0 Å². The molecule has 2 aliphatic rings. The lowest BCUT2D eigenvalue weighted by Crippen LogP contribution is -2.44. The topological polar surface area (TPSA) is 36.4 Å². The summed E-state index contributed by atoms with van der Waals surface area (Å²) in [5.74, 6) is 0.151. The SMILES string of the molecule is CN1CCN(c2cccc(C3(C)CCc4nc(Cl)ccc4C3=O)c2)CC1. The van der Waals surface area contributed by atoms with Crippen molar-refractivity contribution in [2.75, 3.05) is 38.1 Å². The second kappa shape index (κ2) is 6.67. The molecule has 0 saturated carbocycles. The fourth-order valence-electron chi connectivity index (χ4n) is 4.04. The summed E-state index contributed by atoms with van der Waals surface area (Å²) in [6.45, 7) is 6.25. The van der Waals surface area contributed by atoms with E-state index in [-0.39, 0.29) is 5.78 Å². The van der Waals surface area contributed by atoms with E-state index in [1.165, 1.54) is 5.69 Å². The molecule has 2 heterocycles. The first-order valence-corrected chi connectivity index (χ1v) is 9.59. The van der Waals surface area contributed by atoms with Crippen LogP contribution in [0.5, 0.6) is 0 Å². The Kier molecular flexibility index (Phi) is 4.49. The Morgan fingerprint density at radius 3 is 2.65 bits per heavy atom. The van der Waals surface area contributed by atoms with Gasteiger partial charge in [-0.2, -0.15) is 0 Å². The predicted molar refractivity (Wildman–Crippen MR) is 105 cm³/mol. The van der Waals surface area contributed by atoms with Gasteiger partial charge in [-0.3, -0.25) is 4.79 Å². The quantitative estimate of drug-likeness (QED) is 0.758. The Morgan fingerprint density at radius 2 is 1.88 bits per heavy atom. The van der Waals surface area contributed by atoms with Crippen molar-refractivity contribution in [3.63, 3.8) is 0 Å². The number of Topliss-reactive ketones (excluding diaryl/α,β-unsaturated/α-hetero) is 1. The van der Waals surface area contributed by atoms with Crippen molar-refractivity contribution in [2.24, 2.45) is 0 Å². The molecule has 5 heteroatoms. The van der Waals surface area contributed by atoms with Crippen molar-refractivity contribution in [2.45, 2.75) is 25.2 Å². The summed E-state index contributed by atoms with van der Waals surface area (Å²) in [4.78, 5) is 22.4. The molecule has 136 valence electrons. The van der Waals surface area contributed by atoms with Crippen LogP contribution in [-0.4, -0.2) is 48.9 Å². The second-order valence-electron chi connectivity index (χ2n) is 7.63. The minimum atomic E-state index is -0.509. The van der Waals surface area contributed by atoms with Crippen molar-refractivity contribution in [3.8, 4) is 0 Å². The number of anilines is 1. The second-order valence-corrected chi connectivity index (χ2v) is 8.02. The zero-order chi connectivity index (χ0) is 18.3. The summed E-state index contributed by atoms with van der Waals surface area (Å²) in [5, 5.41) is 0.456. The molecule has 26 heavy (non-hydrogen) atoms. The van der Waals surface area contributed by atoms with Crippen LogP contribution in [0.3, 0.4) is 0 Å². The van der Waals surface area contributed by atoms with Gasteiger partial charge in [-0.25, -0.2) is 4.98 Å². The van der Waals surface area contributed by atoms with Crippen molar-refractivity contribution in [1.82, 2.24) is 9.88 Å². The predicted octanol–water partition coefficient (Wildman–Crippen LogP) is 3.57. The number of hydrogen-bond acceptors (Lipinski definition) is 4. The molecular formula is C21H24ClN3O. The number of likely N-dealkylation sites (N-methyl/N-ethyl adjacent to an activating group) is 1. The standard InChI is InChI=1S/C21H24ClN3O/c1-21(9-8-18-17(20(21)26)6-7-19(22)23-18)15-4-3-5-16(14-15)25-12-10-24(2)11-13-25/h3-7,14H,8-13H2,1-2H3. The summed E-state index contributed by atoms with van der Waals surface area (Å²) < 4.78 is 0. The average Bonchev–Trinajstić information content (AvgIpc) is 2.65. The first kappa shape index (κ1) is 17.5. The van der Waals surface area contributed by atoms with E-state index in [0.29, 0.717) is 10.7 Å². The lowest BCUT2D eigenvalue weighted by atomic mass is 9.69. The number of hydrogen-bond donors (Lipinski definition) is 0. The van der Waals surface area contributed by atoms with Gasteiger partial charge in [0.15, 0.2) is 5.78 Å². The van der Waals surface area contributed by atoms with Crippen LogP contribution >= 0.6 is 11.6 Å². The largest absolute Gasteiger partial charge is 0.369 e. The molecule has 0 bridgehead atoms. The van der Waals surface area contributed by atoms with Crippen molar-refractivity contribution in [3.05, 3.63) is 58.4 Å². The van der Waals surface area contributed by atoms with Crippen LogP contribution in [0.4, 0.5) is 5.69 Å². The third-order valence-electron chi connectivity index (χ3n) is 5.90. The van der Waals surface area contributed by atoms with Gasteiger partial charge in [-0.05, 0) is 56.6 Å². The Balaban J connectivity index is 1.66. The van der Waals surface area contributed by atoms with Crippen molar-refractivity contribution in [1.29, 1.82) is 0 Å². The molecule has 1 aliphatic heterocycles. The summed E-state index contributed by atoms with van der Waals surface area (Å²) in [7, 11) is 2.16. The molecule has 1 aromatic carbocycles. The smallest absolute Gasteiger partial charge is 0.174 e. The van der Waals surface area contributed by atoms with E-state index >= 15 is 0 Å². The molecule has 1 atom stereocenters. The number of nitrogens with zero attached hydrogens (tertiary/aromatic N) is 3. The van der Waals surface area contributed by atoms with E-state index in [4.69, 9.17) is 11.6 Å². The van der Waals surface area contributed by atoms with Gasteiger partial charge in [0.1, 0.15) is 5.15 Å². The van der Waals surface area contributed by atoms with Gasteiger partial charge >= 0.3 is 0 Å². The third-order valence-corrected chi connectivity index (χ3v) is 6.11. The molecule has 4 nitrogen and oxygen atoms in total. The fraction of sp³-hybridized carbons (Fsp3) is 0.429. The van der Waals surface area contributed by atoms with Gasteiger partial charge in [-0.15, -0.1) is 0 Å². The summed E-state index contributed by atoms with van der Waals surface area (Å²) in [6, 6.07) is 12.1. The van der Waals surface area contributed by atoms with Crippen LogP contribution in [0.15, 0.2) is 36.4 Å². The number of carbonyl (C=O) groups is 1. The molecule has 0 radical (unpaired) electrons. The molecule has 1 saturated heterocycles. The van der Waals surface area contributed by atoms with Gasteiger partial charge in [0.2, 0.25) is 0 Å². The molecule has 0 N–H and O–H groups in total. The third kappa shape index (κ3) is 3.01. The van der Waals surface area contributed by atoms with E-state index in [2.05, 4.69) is 53.0 Å². The van der Waals surface area contributed by atoms with Gasteiger partial charge in [0.05, 0.1) is 11.1 Å². The van der Waals surface area contributed by atoms with Crippen molar-refractivity contribution < 1.29 is 4.79 Å². The van der Waals surface area contributed by atoms with Crippen LogP contribution < -0.4 is 4.90 Å². The molecule has 1 aromatic heterocycles. The number of rotatable bonds is 2. The molecule has 4 rings (SSSR count). The number of carbonyl (C=O) groups excluding carboxylic acids is 1. The number of aromatic nitrogens is 1. The molecule has 2 aromatic rings. The summed E-state index contributed by atoms with van der Waals surface area (Å²) in [5.41, 5.74) is 3.35. The Bertz CT molecular complexity index is 845. The minimum absolute atomic E-state index is 0.151. The highest BCUT2D eigenvalue weighted by molar-refractivity contribution is 6.29. The number of benzene rings is 1. The number of fused-ring (bicyclic) bond motifs is 1. The minimum Gasteiger partial charge on any atom is -0.369 e. The molecule has 1 fully saturated rings. The highest BCUT2D eigenvalue weighted by atomic mass is 35.5. The molecule has 1 unspecified atom stereocenters. The van der Waals surface area contributed by atoms with E-state index < -0.39 is 5.41 Å². The zero-order valence-corrected chi connectivity index (χ0v) is 16.1. The van der Waals surface area contributed by atoms with Gasteiger partial charge < -0.3 is 9.80 Å². The Morgan fingerprint density at radius 1 is 1.12 bits per heavy atom. The lowest BCUT2D eigenvalue weighted by Gasteiger charge is -2.36. The number of ketones is 1. The lowest BCUT2D eigenvalue weighted by molar-refractivity contribution is 0.0874. The van der Waals surface area contributed by atoms with E-state index in [0.717, 1.165) is 50.3 Å². The number of halogens is 1. The highest BCUT2D eigenvalue weighted by Crippen LogP contribution is 2.39. The Hall–Kier alpha value is -1.91. The monoisotopic (exact) mass is 369 g/mol. The number of aryl methyl sites for hydroxylation is 1. The van der Waals surface area contributed by atoms with E-state index in [1.54, 1.807) is 6.07 Å². The number of pyridine rings is 1. The van der Waals surface area contributed by atoms with Gasteiger partial charge in [-0.1, -0.05) is 23.7 Å². The Labute approximate surface area is 159 Å². The molecule has 1 aliphatic carbocycles. The normalized spacial score (nSPS) is 23.8. The maximum absolute atomic E-state index is 13.3. The van der Waals surface area contributed by atoms with Crippen LogP contribution in [-0.2, 0) is 11.8 Å². The van der Waals surface area contributed by atoms with Gasteiger partial charge in [0, 0.05) is 37.4 Å².